The predicted octanol–water partition coefficient (Wildman–Crippen LogP) is 4.04. The molecule has 90 valence electrons. The first-order valence-corrected chi connectivity index (χ1v) is 7.55. The summed E-state index contributed by atoms with van der Waals surface area (Å²) in [7, 11) is 0. The fraction of sp³-hybridized carbons (Fsp3) is 0.714. The number of nitrogens with zero attached hydrogens (tertiary/aromatic N) is 2. The van der Waals surface area contributed by atoms with Crippen LogP contribution in [0.25, 0.3) is 0 Å². The van der Waals surface area contributed by atoms with E-state index >= 15 is 0 Å². The Morgan fingerprint density at radius 3 is 2.71 bits per heavy atom. The van der Waals surface area contributed by atoms with Crippen LogP contribution in [0, 0.1) is 16.7 Å². The van der Waals surface area contributed by atoms with E-state index in [9.17, 15) is 5.26 Å². The van der Waals surface area contributed by atoms with Gasteiger partial charge in [0.15, 0.2) is 0 Å². The van der Waals surface area contributed by atoms with Gasteiger partial charge in [0.05, 0.1) is 22.2 Å². The van der Waals surface area contributed by atoms with Gasteiger partial charge in [0.1, 0.15) is 0 Å². The maximum atomic E-state index is 9.24. The summed E-state index contributed by atoms with van der Waals surface area (Å²) in [5.74, 6) is 0.708. The molecule has 2 fully saturated rings. The van der Waals surface area contributed by atoms with Crippen molar-refractivity contribution >= 4 is 11.3 Å². The Morgan fingerprint density at radius 1 is 1.35 bits per heavy atom. The zero-order chi connectivity index (χ0) is 11.7. The molecule has 0 atom stereocenters. The molecule has 0 radical (unpaired) electrons. The SMILES string of the molecule is N#CC1(Cc2nc(C3CCCC3)cs2)CCC1. The normalized spacial score (nSPS) is 23.2. The van der Waals surface area contributed by atoms with Gasteiger partial charge in [-0.05, 0) is 25.7 Å². The Labute approximate surface area is 107 Å². The molecule has 0 amide bonds. The highest BCUT2D eigenvalue weighted by Gasteiger charge is 2.38. The van der Waals surface area contributed by atoms with E-state index in [-0.39, 0.29) is 5.41 Å². The van der Waals surface area contributed by atoms with Crippen LogP contribution in [0.4, 0.5) is 0 Å². The van der Waals surface area contributed by atoms with Crippen molar-refractivity contribution in [3.05, 3.63) is 16.1 Å². The number of nitriles is 1. The van der Waals surface area contributed by atoms with Gasteiger partial charge in [-0.25, -0.2) is 4.98 Å². The van der Waals surface area contributed by atoms with Crippen molar-refractivity contribution in [1.29, 1.82) is 5.26 Å². The maximum absolute atomic E-state index is 9.24. The Bertz CT molecular complexity index is 433. The summed E-state index contributed by atoms with van der Waals surface area (Å²) in [6.07, 6.45) is 9.59. The van der Waals surface area contributed by atoms with Crippen LogP contribution < -0.4 is 0 Å². The van der Waals surface area contributed by atoms with Crippen LogP contribution >= 0.6 is 11.3 Å². The van der Waals surface area contributed by atoms with E-state index in [1.165, 1.54) is 42.8 Å². The highest BCUT2D eigenvalue weighted by molar-refractivity contribution is 7.09. The quantitative estimate of drug-likeness (QED) is 0.807. The summed E-state index contributed by atoms with van der Waals surface area (Å²) < 4.78 is 0. The lowest BCUT2D eigenvalue weighted by Crippen LogP contribution is -2.29. The van der Waals surface area contributed by atoms with Gasteiger partial charge in [-0.2, -0.15) is 5.26 Å². The van der Waals surface area contributed by atoms with Crippen LogP contribution in [0.5, 0.6) is 0 Å². The second kappa shape index (κ2) is 4.42. The summed E-state index contributed by atoms with van der Waals surface area (Å²) in [6.45, 7) is 0. The molecule has 1 aromatic heterocycles. The molecule has 0 N–H and O–H groups in total. The molecule has 0 bridgehead atoms. The second-order valence-corrected chi connectivity index (χ2v) is 6.51. The van der Waals surface area contributed by atoms with E-state index in [0.29, 0.717) is 5.92 Å². The maximum Gasteiger partial charge on any atom is 0.0944 e. The van der Waals surface area contributed by atoms with Gasteiger partial charge in [-0.3, -0.25) is 0 Å². The number of hydrogen-bond acceptors (Lipinski definition) is 3. The number of rotatable bonds is 3. The first-order chi connectivity index (χ1) is 8.31. The molecule has 0 unspecified atom stereocenters. The number of hydrogen-bond donors (Lipinski definition) is 0. The first-order valence-electron chi connectivity index (χ1n) is 6.67. The van der Waals surface area contributed by atoms with Crippen molar-refractivity contribution in [2.75, 3.05) is 0 Å². The van der Waals surface area contributed by atoms with E-state index < -0.39 is 0 Å². The van der Waals surface area contributed by atoms with Crippen LogP contribution in [0.3, 0.4) is 0 Å². The molecule has 3 rings (SSSR count). The van der Waals surface area contributed by atoms with Crippen molar-refractivity contribution in [2.45, 2.75) is 57.3 Å². The fourth-order valence-electron chi connectivity index (χ4n) is 3.04. The highest BCUT2D eigenvalue weighted by atomic mass is 32.1. The standard InChI is InChI=1S/C14H18N2S/c15-10-14(6-3-7-14)8-13-16-12(9-17-13)11-4-1-2-5-11/h9,11H,1-8H2. The average Bonchev–Trinajstić information content (AvgIpc) is 2.94. The first kappa shape index (κ1) is 11.2. The largest absolute Gasteiger partial charge is 0.246 e. The van der Waals surface area contributed by atoms with Crippen molar-refractivity contribution in [1.82, 2.24) is 4.98 Å². The van der Waals surface area contributed by atoms with Crippen LogP contribution in [-0.2, 0) is 6.42 Å². The predicted molar refractivity (Wildman–Crippen MR) is 68.9 cm³/mol. The van der Waals surface area contributed by atoms with Gasteiger partial charge in [0, 0.05) is 17.7 Å². The highest BCUT2D eigenvalue weighted by Crippen LogP contribution is 2.44. The smallest absolute Gasteiger partial charge is 0.0944 e. The molecule has 2 aliphatic rings. The Kier molecular flexibility index (Phi) is 2.92. The lowest BCUT2D eigenvalue weighted by molar-refractivity contribution is 0.214. The van der Waals surface area contributed by atoms with E-state index in [1.807, 2.05) is 0 Å². The third kappa shape index (κ3) is 2.11. The summed E-state index contributed by atoms with van der Waals surface area (Å²) in [5.41, 5.74) is 1.24. The molecule has 0 saturated heterocycles. The van der Waals surface area contributed by atoms with Crippen molar-refractivity contribution in [3.8, 4) is 6.07 Å². The monoisotopic (exact) mass is 246 g/mol. The van der Waals surface area contributed by atoms with Crippen molar-refractivity contribution in [3.63, 3.8) is 0 Å². The molecule has 17 heavy (non-hydrogen) atoms. The van der Waals surface area contributed by atoms with E-state index in [0.717, 1.165) is 19.3 Å². The molecule has 0 aromatic carbocycles. The molecule has 3 heteroatoms. The lowest BCUT2D eigenvalue weighted by atomic mass is 9.68. The minimum Gasteiger partial charge on any atom is -0.246 e. The minimum absolute atomic E-state index is 0.0647. The minimum atomic E-state index is -0.0647. The van der Waals surface area contributed by atoms with Crippen molar-refractivity contribution < 1.29 is 0 Å². The van der Waals surface area contributed by atoms with Crippen LogP contribution in [0.15, 0.2) is 5.38 Å². The molecular formula is C14H18N2S. The Hall–Kier alpha value is -0.880. The number of aromatic nitrogens is 1. The molecule has 0 spiro atoms. The van der Waals surface area contributed by atoms with Gasteiger partial charge in [0.2, 0.25) is 0 Å². The summed E-state index contributed by atoms with van der Waals surface area (Å²) in [6, 6.07) is 2.51. The van der Waals surface area contributed by atoms with Crippen LogP contribution in [0.1, 0.15) is 61.6 Å². The third-order valence-electron chi connectivity index (χ3n) is 4.38. The second-order valence-electron chi connectivity index (χ2n) is 5.57. The fourth-order valence-corrected chi connectivity index (χ4v) is 4.06. The molecule has 1 aromatic rings. The third-order valence-corrected chi connectivity index (χ3v) is 5.25. The lowest BCUT2D eigenvalue weighted by Gasteiger charge is -2.34. The Morgan fingerprint density at radius 2 is 2.12 bits per heavy atom. The molecule has 2 nitrogen and oxygen atoms in total. The van der Waals surface area contributed by atoms with E-state index in [4.69, 9.17) is 4.98 Å². The zero-order valence-corrected chi connectivity index (χ0v) is 10.9. The zero-order valence-electron chi connectivity index (χ0n) is 10.1. The van der Waals surface area contributed by atoms with Crippen molar-refractivity contribution in [2.24, 2.45) is 5.41 Å². The van der Waals surface area contributed by atoms with Gasteiger partial charge < -0.3 is 0 Å². The molecule has 0 aliphatic heterocycles. The van der Waals surface area contributed by atoms with E-state index in [2.05, 4.69) is 11.4 Å². The summed E-state index contributed by atoms with van der Waals surface area (Å²) in [4.78, 5) is 4.77. The molecule has 2 aliphatic carbocycles. The van der Waals surface area contributed by atoms with Crippen LogP contribution in [-0.4, -0.2) is 4.98 Å². The van der Waals surface area contributed by atoms with E-state index in [1.54, 1.807) is 11.3 Å². The van der Waals surface area contributed by atoms with Gasteiger partial charge in [0.25, 0.3) is 0 Å². The topological polar surface area (TPSA) is 36.7 Å². The molecule has 1 heterocycles. The van der Waals surface area contributed by atoms with Gasteiger partial charge in [-0.1, -0.05) is 19.3 Å². The Balaban J connectivity index is 1.70. The van der Waals surface area contributed by atoms with Crippen LogP contribution in [0.2, 0.25) is 0 Å². The molecular weight excluding hydrogens is 228 g/mol. The van der Waals surface area contributed by atoms with Gasteiger partial charge >= 0.3 is 0 Å². The van der Waals surface area contributed by atoms with Gasteiger partial charge in [-0.15, -0.1) is 11.3 Å². The number of thiazole rings is 1. The average molecular weight is 246 g/mol. The summed E-state index contributed by atoms with van der Waals surface area (Å²) >= 11 is 1.77. The summed E-state index contributed by atoms with van der Waals surface area (Å²) in [5, 5.41) is 12.7. The molecule has 2 saturated carbocycles.